The van der Waals surface area contributed by atoms with Crippen LogP contribution in [0, 0.1) is 13.8 Å². The molecule has 1 aliphatic heterocycles. The zero-order valence-electron chi connectivity index (χ0n) is 14.5. The molecule has 3 nitrogen and oxygen atoms in total. The van der Waals surface area contributed by atoms with Crippen LogP contribution in [0.2, 0.25) is 0 Å². The van der Waals surface area contributed by atoms with Crippen molar-refractivity contribution in [3.63, 3.8) is 0 Å². The number of para-hydroxylation sites is 1. The number of rotatable bonds is 6. The maximum atomic E-state index is 12.6. The first-order valence-electron chi connectivity index (χ1n) is 8.69. The third kappa shape index (κ3) is 3.99. The summed E-state index contributed by atoms with van der Waals surface area (Å²) >= 11 is 1.81. The quantitative estimate of drug-likeness (QED) is 0.699. The average Bonchev–Trinajstić information content (AvgIpc) is 3.21. The van der Waals surface area contributed by atoms with Crippen LogP contribution >= 0.6 is 11.3 Å². The second kappa shape index (κ2) is 7.84. The topological polar surface area (TPSA) is 29.5 Å². The molecule has 128 valence electrons. The minimum Gasteiger partial charge on any atom is -0.493 e. The van der Waals surface area contributed by atoms with Gasteiger partial charge in [0.15, 0.2) is 0 Å². The number of likely N-dealkylation sites (tertiary alicyclic amines) is 1. The molecule has 0 bridgehead atoms. The van der Waals surface area contributed by atoms with Gasteiger partial charge in [0.1, 0.15) is 5.75 Å². The number of carbonyl (C=O) groups is 1. The molecule has 2 heterocycles. The maximum Gasteiger partial charge on any atom is 0.223 e. The second-order valence-electron chi connectivity index (χ2n) is 6.41. The van der Waals surface area contributed by atoms with Crippen LogP contribution in [0.15, 0.2) is 36.4 Å². The molecule has 1 aromatic carbocycles. The number of ether oxygens (including phenoxy) is 1. The van der Waals surface area contributed by atoms with Gasteiger partial charge in [-0.25, -0.2) is 0 Å². The molecule has 1 aromatic heterocycles. The van der Waals surface area contributed by atoms with Crippen molar-refractivity contribution in [2.24, 2.45) is 0 Å². The van der Waals surface area contributed by atoms with E-state index >= 15 is 0 Å². The number of nitrogens with zero attached hydrogens (tertiary/aromatic N) is 1. The molecule has 1 atom stereocenters. The molecule has 4 heteroatoms. The van der Waals surface area contributed by atoms with E-state index in [0.717, 1.165) is 37.1 Å². The van der Waals surface area contributed by atoms with E-state index in [1.165, 1.54) is 9.75 Å². The predicted molar refractivity (Wildman–Crippen MR) is 98.7 cm³/mol. The lowest BCUT2D eigenvalue weighted by Crippen LogP contribution is -2.30. The fourth-order valence-corrected chi connectivity index (χ4v) is 4.29. The standard InChI is InChI=1S/C20H25NO2S/c1-15-7-3-4-9-18(15)23-14-6-10-20(22)21-13-5-8-17(21)19-12-11-16(2)24-19/h3-4,7,9,11-12,17H,5-6,8,10,13-14H2,1-2H3. The van der Waals surface area contributed by atoms with Crippen LogP contribution in [0.3, 0.4) is 0 Å². The van der Waals surface area contributed by atoms with E-state index in [-0.39, 0.29) is 11.9 Å². The molecule has 3 rings (SSSR count). The summed E-state index contributed by atoms with van der Waals surface area (Å²) in [6.07, 6.45) is 3.52. The monoisotopic (exact) mass is 343 g/mol. The molecule has 1 unspecified atom stereocenters. The fraction of sp³-hybridized carbons (Fsp3) is 0.450. The fourth-order valence-electron chi connectivity index (χ4n) is 3.26. The first kappa shape index (κ1) is 17.0. The Morgan fingerprint density at radius 2 is 2.08 bits per heavy atom. The van der Waals surface area contributed by atoms with E-state index in [2.05, 4.69) is 24.0 Å². The molecule has 1 saturated heterocycles. The molecule has 0 spiro atoms. The smallest absolute Gasteiger partial charge is 0.223 e. The normalized spacial score (nSPS) is 17.2. The second-order valence-corrected chi connectivity index (χ2v) is 7.73. The van der Waals surface area contributed by atoms with E-state index in [0.29, 0.717) is 13.0 Å². The van der Waals surface area contributed by atoms with Gasteiger partial charge in [0.05, 0.1) is 12.6 Å². The van der Waals surface area contributed by atoms with Gasteiger partial charge in [0.2, 0.25) is 5.91 Å². The Balaban J connectivity index is 1.49. The van der Waals surface area contributed by atoms with E-state index < -0.39 is 0 Å². The van der Waals surface area contributed by atoms with Crippen LogP contribution in [0.1, 0.15) is 47.0 Å². The summed E-state index contributed by atoms with van der Waals surface area (Å²) in [7, 11) is 0. The Hall–Kier alpha value is -1.81. The number of benzene rings is 1. The van der Waals surface area contributed by atoms with Gasteiger partial charge in [-0.05, 0) is 56.9 Å². The lowest BCUT2D eigenvalue weighted by Gasteiger charge is -2.24. The molecule has 0 radical (unpaired) electrons. The van der Waals surface area contributed by atoms with Crippen molar-refractivity contribution >= 4 is 17.2 Å². The van der Waals surface area contributed by atoms with Gasteiger partial charge in [-0.1, -0.05) is 18.2 Å². The van der Waals surface area contributed by atoms with Crippen molar-refractivity contribution in [3.05, 3.63) is 51.7 Å². The molecule has 1 fully saturated rings. The lowest BCUT2D eigenvalue weighted by molar-refractivity contribution is -0.132. The van der Waals surface area contributed by atoms with Crippen LogP contribution in [-0.2, 0) is 4.79 Å². The summed E-state index contributed by atoms with van der Waals surface area (Å²) in [6.45, 7) is 5.64. The highest BCUT2D eigenvalue weighted by molar-refractivity contribution is 7.12. The number of amides is 1. The SMILES string of the molecule is Cc1ccc(C2CCCN2C(=O)CCCOc2ccccc2C)s1. The molecule has 1 aliphatic rings. The van der Waals surface area contributed by atoms with Crippen LogP contribution in [0.5, 0.6) is 5.75 Å². The number of thiophene rings is 1. The van der Waals surface area contributed by atoms with Crippen LogP contribution in [0.25, 0.3) is 0 Å². The number of carbonyl (C=O) groups excluding carboxylic acids is 1. The van der Waals surface area contributed by atoms with Crippen molar-refractivity contribution in [2.45, 2.75) is 45.6 Å². The van der Waals surface area contributed by atoms with Gasteiger partial charge in [-0.2, -0.15) is 0 Å². The Labute approximate surface area is 148 Å². The summed E-state index contributed by atoms with van der Waals surface area (Å²) in [4.78, 5) is 17.3. The molecule has 0 saturated carbocycles. The lowest BCUT2D eigenvalue weighted by atomic mass is 10.1. The van der Waals surface area contributed by atoms with E-state index in [4.69, 9.17) is 4.74 Å². The molecular formula is C20H25NO2S. The van der Waals surface area contributed by atoms with Crippen molar-refractivity contribution in [2.75, 3.05) is 13.2 Å². The van der Waals surface area contributed by atoms with Gasteiger partial charge in [0, 0.05) is 22.7 Å². The Bertz CT molecular complexity index is 694. The number of hydrogen-bond donors (Lipinski definition) is 0. The van der Waals surface area contributed by atoms with E-state index in [1.54, 1.807) is 0 Å². The summed E-state index contributed by atoms with van der Waals surface area (Å²) in [5.41, 5.74) is 1.14. The Kier molecular flexibility index (Phi) is 5.56. The highest BCUT2D eigenvalue weighted by Crippen LogP contribution is 2.36. The first-order valence-corrected chi connectivity index (χ1v) is 9.51. The van der Waals surface area contributed by atoms with Crippen LogP contribution in [-0.4, -0.2) is 24.0 Å². The zero-order chi connectivity index (χ0) is 16.9. The molecular weight excluding hydrogens is 318 g/mol. The van der Waals surface area contributed by atoms with Gasteiger partial charge in [-0.15, -0.1) is 11.3 Å². The first-order chi connectivity index (χ1) is 11.6. The summed E-state index contributed by atoms with van der Waals surface area (Å²) in [5, 5.41) is 0. The minimum atomic E-state index is 0.261. The molecule has 2 aromatic rings. The van der Waals surface area contributed by atoms with Crippen molar-refractivity contribution in [3.8, 4) is 5.75 Å². The molecule has 1 amide bonds. The maximum absolute atomic E-state index is 12.6. The Morgan fingerprint density at radius 3 is 2.83 bits per heavy atom. The third-order valence-electron chi connectivity index (χ3n) is 4.55. The van der Waals surface area contributed by atoms with E-state index in [9.17, 15) is 4.79 Å². The van der Waals surface area contributed by atoms with Gasteiger partial charge in [-0.3, -0.25) is 4.79 Å². The number of aryl methyl sites for hydroxylation is 2. The largest absolute Gasteiger partial charge is 0.493 e. The Morgan fingerprint density at radius 1 is 1.25 bits per heavy atom. The summed E-state index contributed by atoms with van der Waals surface area (Å²) in [6, 6.07) is 12.6. The van der Waals surface area contributed by atoms with Gasteiger partial charge >= 0.3 is 0 Å². The highest BCUT2D eigenvalue weighted by Gasteiger charge is 2.30. The van der Waals surface area contributed by atoms with E-state index in [1.807, 2.05) is 42.5 Å². The van der Waals surface area contributed by atoms with Crippen molar-refractivity contribution in [1.82, 2.24) is 4.90 Å². The summed E-state index contributed by atoms with van der Waals surface area (Å²) in [5.74, 6) is 1.18. The minimum absolute atomic E-state index is 0.261. The zero-order valence-corrected chi connectivity index (χ0v) is 15.3. The highest BCUT2D eigenvalue weighted by atomic mass is 32.1. The molecule has 0 aliphatic carbocycles. The van der Waals surface area contributed by atoms with Gasteiger partial charge in [0.25, 0.3) is 0 Å². The van der Waals surface area contributed by atoms with Crippen LogP contribution < -0.4 is 4.74 Å². The molecule has 24 heavy (non-hydrogen) atoms. The third-order valence-corrected chi connectivity index (χ3v) is 5.65. The van der Waals surface area contributed by atoms with Gasteiger partial charge < -0.3 is 9.64 Å². The number of hydrogen-bond acceptors (Lipinski definition) is 3. The summed E-state index contributed by atoms with van der Waals surface area (Å²) < 4.78 is 5.80. The average molecular weight is 343 g/mol. The predicted octanol–water partition coefficient (Wildman–Crippen LogP) is 4.89. The molecule has 0 N–H and O–H groups in total. The van der Waals surface area contributed by atoms with Crippen molar-refractivity contribution < 1.29 is 9.53 Å². The van der Waals surface area contributed by atoms with Crippen molar-refractivity contribution in [1.29, 1.82) is 0 Å². The van der Waals surface area contributed by atoms with Crippen LogP contribution in [0.4, 0.5) is 0 Å².